The van der Waals surface area contributed by atoms with Crippen LogP contribution in [0.15, 0.2) is 0 Å². The minimum atomic E-state index is -1.80. The highest BCUT2D eigenvalue weighted by Crippen LogP contribution is 2.46. The van der Waals surface area contributed by atoms with Gasteiger partial charge in [-0.2, -0.15) is 5.06 Å². The van der Waals surface area contributed by atoms with Gasteiger partial charge in [0, 0.05) is 6.54 Å². The van der Waals surface area contributed by atoms with Gasteiger partial charge in [-0.05, 0) is 35.9 Å². The molecule has 0 aromatic rings. The third kappa shape index (κ3) is 5.83. The van der Waals surface area contributed by atoms with Gasteiger partial charge < -0.3 is 4.43 Å². The van der Waals surface area contributed by atoms with Crippen molar-refractivity contribution >= 4 is 8.32 Å². The molecule has 2 fully saturated rings. The predicted octanol–water partition coefficient (Wildman–Crippen LogP) is 7.47. The van der Waals surface area contributed by atoms with Crippen molar-refractivity contribution in [2.24, 2.45) is 0 Å². The molecule has 2 rings (SSSR count). The van der Waals surface area contributed by atoms with E-state index in [1.807, 2.05) is 0 Å². The van der Waals surface area contributed by atoms with Crippen LogP contribution in [0.25, 0.3) is 0 Å². The van der Waals surface area contributed by atoms with Gasteiger partial charge in [0.1, 0.15) is 0 Å². The number of fused-ring (bicyclic) bond motifs is 1. The average molecular weight is 412 g/mol. The summed E-state index contributed by atoms with van der Waals surface area (Å²) in [6, 6.07) is 0.498. The summed E-state index contributed by atoms with van der Waals surface area (Å²) in [5, 5.41) is 2.29. The summed E-state index contributed by atoms with van der Waals surface area (Å²) in [5.41, 5.74) is 1.98. The zero-order chi connectivity index (χ0) is 20.7. The highest BCUT2D eigenvalue weighted by Gasteiger charge is 2.51. The number of hydroxylamine groups is 2. The number of hydrogen-bond acceptors (Lipinski definition) is 3. The summed E-state index contributed by atoms with van der Waals surface area (Å²) in [6.07, 6.45) is 14.0. The van der Waals surface area contributed by atoms with Gasteiger partial charge in [-0.1, -0.05) is 93.4 Å². The highest BCUT2D eigenvalue weighted by molar-refractivity contribution is 6.77. The van der Waals surface area contributed by atoms with Crippen molar-refractivity contribution in [2.75, 3.05) is 6.54 Å². The maximum Gasteiger partial charge on any atom is 0.200 e. The van der Waals surface area contributed by atoms with Crippen LogP contribution in [0.4, 0.5) is 0 Å². The lowest BCUT2D eigenvalue weighted by Crippen LogP contribution is -2.52. The molecule has 0 saturated carbocycles. The molecule has 4 heteroatoms. The van der Waals surface area contributed by atoms with Gasteiger partial charge in [0.2, 0.25) is 8.32 Å². The molecule has 3 atom stereocenters. The monoisotopic (exact) mass is 411 g/mol. The van der Waals surface area contributed by atoms with E-state index in [-0.39, 0.29) is 0 Å². The molecular formula is C24H49NO2Si. The fourth-order valence-electron chi connectivity index (χ4n) is 6.01. The van der Waals surface area contributed by atoms with Gasteiger partial charge >= 0.3 is 0 Å². The van der Waals surface area contributed by atoms with Crippen LogP contribution in [0.3, 0.4) is 0 Å². The first kappa shape index (κ1) is 24.4. The Labute approximate surface area is 177 Å². The number of nitrogens with zero attached hydrogens (tertiary/aromatic N) is 1. The third-order valence-electron chi connectivity index (χ3n) is 7.41. The van der Waals surface area contributed by atoms with Crippen molar-refractivity contribution in [2.45, 2.75) is 148 Å². The highest BCUT2D eigenvalue weighted by atomic mass is 28.4. The molecule has 28 heavy (non-hydrogen) atoms. The first-order valence-electron chi connectivity index (χ1n) is 12.4. The van der Waals surface area contributed by atoms with Crippen molar-refractivity contribution in [3.8, 4) is 0 Å². The zero-order valence-electron chi connectivity index (χ0n) is 20.0. The summed E-state index contributed by atoms with van der Waals surface area (Å²) >= 11 is 0. The molecule has 0 N–H and O–H groups in total. The lowest BCUT2D eigenvalue weighted by Gasteiger charge is -2.44. The van der Waals surface area contributed by atoms with Crippen LogP contribution >= 0.6 is 0 Å². The Hall–Kier alpha value is 0.0969. The molecule has 2 saturated heterocycles. The smallest absolute Gasteiger partial charge is 0.200 e. The summed E-state index contributed by atoms with van der Waals surface area (Å²) in [5.74, 6) is 0. The van der Waals surface area contributed by atoms with Crippen LogP contribution in [0.5, 0.6) is 0 Å². The van der Waals surface area contributed by atoms with Crippen molar-refractivity contribution in [3.63, 3.8) is 0 Å². The lowest BCUT2D eigenvalue weighted by molar-refractivity contribution is -0.152. The van der Waals surface area contributed by atoms with E-state index in [0.717, 1.165) is 13.0 Å². The Morgan fingerprint density at radius 3 is 2.04 bits per heavy atom. The summed E-state index contributed by atoms with van der Waals surface area (Å²) in [7, 11) is -1.80. The van der Waals surface area contributed by atoms with E-state index < -0.39 is 8.32 Å². The molecule has 0 aromatic heterocycles. The zero-order valence-corrected chi connectivity index (χ0v) is 21.0. The predicted molar refractivity (Wildman–Crippen MR) is 123 cm³/mol. The quantitative estimate of drug-likeness (QED) is 0.232. The first-order valence-corrected chi connectivity index (χ1v) is 14.6. The lowest BCUT2D eigenvalue weighted by atomic mass is 10.0. The molecule has 2 aliphatic heterocycles. The molecular weight excluding hydrogens is 362 g/mol. The Balaban J connectivity index is 1.82. The molecule has 2 heterocycles. The van der Waals surface area contributed by atoms with Gasteiger partial charge in [0.15, 0.2) is 0 Å². The maximum atomic E-state index is 7.14. The molecule has 3 nitrogen and oxygen atoms in total. The fraction of sp³-hybridized carbons (Fsp3) is 1.00. The van der Waals surface area contributed by atoms with Gasteiger partial charge in [-0.15, -0.1) is 0 Å². The van der Waals surface area contributed by atoms with Gasteiger partial charge in [0.25, 0.3) is 0 Å². The molecule has 0 spiro atoms. The van der Waals surface area contributed by atoms with E-state index in [2.05, 4.69) is 53.5 Å². The van der Waals surface area contributed by atoms with E-state index in [1.54, 1.807) is 0 Å². The van der Waals surface area contributed by atoms with Crippen LogP contribution in [0, 0.1) is 0 Å². The number of hydrogen-bond donors (Lipinski definition) is 0. The molecule has 0 aliphatic carbocycles. The number of unbranched alkanes of at least 4 members (excludes halogenated alkanes) is 6. The molecule has 0 amide bonds. The maximum absolute atomic E-state index is 7.14. The van der Waals surface area contributed by atoms with E-state index in [4.69, 9.17) is 9.26 Å². The van der Waals surface area contributed by atoms with E-state index >= 15 is 0 Å². The minimum Gasteiger partial charge on any atom is -0.411 e. The van der Waals surface area contributed by atoms with Crippen LogP contribution < -0.4 is 0 Å². The molecule has 0 unspecified atom stereocenters. The Bertz CT molecular complexity index is 419. The van der Waals surface area contributed by atoms with Crippen LogP contribution in [0.2, 0.25) is 16.6 Å². The van der Waals surface area contributed by atoms with Crippen LogP contribution in [-0.4, -0.2) is 38.2 Å². The Kier molecular flexibility index (Phi) is 9.99. The standard InChI is InChI=1S/C24H49NO2Si/c1-8-9-10-11-12-13-14-15-22-18-23-24(16-17-25(23)26-22)27-28(19(2)3,20(4)5)21(6)7/h19-24H,8-18H2,1-7H3/t22-,23+,24-/m0/s1. The molecule has 2 aliphatic rings. The van der Waals surface area contributed by atoms with Crippen molar-refractivity contribution in [1.82, 2.24) is 5.06 Å². The van der Waals surface area contributed by atoms with Crippen molar-refractivity contribution < 1.29 is 9.26 Å². The normalized spacial score (nSPS) is 26.1. The van der Waals surface area contributed by atoms with E-state index in [9.17, 15) is 0 Å². The SMILES string of the molecule is CCCCCCCCC[C@H]1C[C@@H]2[C@@H](O[Si](C(C)C)(C(C)C)C(C)C)CCN2O1. The summed E-state index contributed by atoms with van der Waals surface area (Å²) in [4.78, 5) is 6.33. The van der Waals surface area contributed by atoms with E-state index in [1.165, 1.54) is 57.8 Å². The Morgan fingerprint density at radius 2 is 1.46 bits per heavy atom. The topological polar surface area (TPSA) is 21.7 Å². The Morgan fingerprint density at radius 1 is 0.893 bits per heavy atom. The molecule has 0 bridgehead atoms. The second-order valence-corrected chi connectivity index (χ2v) is 15.8. The fourth-order valence-corrected chi connectivity index (χ4v) is 11.6. The van der Waals surface area contributed by atoms with Gasteiger partial charge in [0.05, 0.1) is 18.2 Å². The summed E-state index contributed by atoms with van der Waals surface area (Å²) in [6.45, 7) is 17.7. The van der Waals surface area contributed by atoms with Crippen LogP contribution in [0.1, 0.15) is 113 Å². The minimum absolute atomic E-state index is 0.387. The molecule has 166 valence electrons. The number of rotatable bonds is 13. The van der Waals surface area contributed by atoms with Crippen molar-refractivity contribution in [3.05, 3.63) is 0 Å². The van der Waals surface area contributed by atoms with Crippen LogP contribution in [-0.2, 0) is 9.26 Å². The second kappa shape index (κ2) is 11.5. The summed E-state index contributed by atoms with van der Waals surface area (Å²) < 4.78 is 7.14. The first-order chi connectivity index (χ1) is 13.3. The van der Waals surface area contributed by atoms with E-state index in [0.29, 0.717) is 34.9 Å². The third-order valence-corrected chi connectivity index (χ3v) is 13.5. The van der Waals surface area contributed by atoms with Gasteiger partial charge in [-0.25, -0.2) is 0 Å². The second-order valence-electron chi connectivity index (χ2n) is 10.3. The molecule has 0 radical (unpaired) electrons. The largest absolute Gasteiger partial charge is 0.411 e. The molecule has 0 aromatic carbocycles. The average Bonchev–Trinajstić information content (AvgIpc) is 3.18. The van der Waals surface area contributed by atoms with Gasteiger partial charge in [-0.3, -0.25) is 4.84 Å². The van der Waals surface area contributed by atoms with Crippen molar-refractivity contribution in [1.29, 1.82) is 0 Å².